The van der Waals surface area contributed by atoms with Crippen molar-refractivity contribution in [3.05, 3.63) is 35.6 Å². The maximum absolute atomic E-state index is 13.0. The molecule has 2 nitrogen and oxygen atoms in total. The van der Waals surface area contributed by atoms with Crippen molar-refractivity contribution in [1.29, 1.82) is 0 Å². The number of ether oxygens (including phenoxy) is 1. The summed E-state index contributed by atoms with van der Waals surface area (Å²) in [5.74, 6) is -0.153. The van der Waals surface area contributed by atoms with Crippen molar-refractivity contribution >= 4 is 0 Å². The van der Waals surface area contributed by atoms with Crippen LogP contribution in [0.1, 0.15) is 31.2 Å². The molecule has 1 aliphatic rings. The molecule has 1 fully saturated rings. The lowest BCUT2D eigenvalue weighted by Crippen LogP contribution is -2.43. The van der Waals surface area contributed by atoms with Gasteiger partial charge in [0.2, 0.25) is 0 Å². The fourth-order valence-corrected chi connectivity index (χ4v) is 2.71. The van der Waals surface area contributed by atoms with Gasteiger partial charge in [-0.2, -0.15) is 0 Å². The van der Waals surface area contributed by atoms with Crippen LogP contribution in [0.3, 0.4) is 0 Å². The molecule has 0 aromatic heterocycles. The average Bonchev–Trinajstić information content (AvgIpc) is 2.39. The molecular weight excluding hydrogens is 229 g/mol. The number of methoxy groups -OCH3 is 1. The number of halogens is 1. The molecule has 0 unspecified atom stereocenters. The Balaban J connectivity index is 1.77. The zero-order chi connectivity index (χ0) is 12.8. The molecule has 0 radical (unpaired) electrons. The predicted octanol–water partition coefficient (Wildman–Crippen LogP) is 2.92. The molecule has 3 heteroatoms. The molecule has 2 rings (SSSR count). The van der Waals surface area contributed by atoms with Crippen molar-refractivity contribution in [2.45, 2.75) is 44.2 Å². The molecular formula is C15H22FNO. The van der Waals surface area contributed by atoms with Gasteiger partial charge in [-0.15, -0.1) is 0 Å². The molecule has 100 valence electrons. The number of benzene rings is 1. The standard InChI is InChI=1S/C15H22FNO/c1-18-15-8-3-2-7-14(15)17-10-9-12-5-4-6-13(16)11-12/h4-6,11,14-15,17H,2-3,7-10H2,1H3/t14-,15-/m1/s1. The Morgan fingerprint density at radius 3 is 2.94 bits per heavy atom. The van der Waals surface area contributed by atoms with E-state index in [2.05, 4.69) is 5.32 Å². The summed E-state index contributed by atoms with van der Waals surface area (Å²) in [5.41, 5.74) is 1.05. The number of hydrogen-bond donors (Lipinski definition) is 1. The number of rotatable bonds is 5. The Hall–Kier alpha value is -0.930. The van der Waals surface area contributed by atoms with Crippen molar-refractivity contribution in [2.24, 2.45) is 0 Å². The van der Waals surface area contributed by atoms with Crippen LogP contribution in [-0.4, -0.2) is 25.8 Å². The Bertz CT molecular complexity index is 369. The third kappa shape index (κ3) is 3.79. The monoisotopic (exact) mass is 251 g/mol. The van der Waals surface area contributed by atoms with Crippen LogP contribution in [0.4, 0.5) is 4.39 Å². The molecule has 0 saturated heterocycles. The lowest BCUT2D eigenvalue weighted by molar-refractivity contribution is 0.0421. The lowest BCUT2D eigenvalue weighted by atomic mass is 9.92. The van der Waals surface area contributed by atoms with Gasteiger partial charge in [-0.05, 0) is 43.5 Å². The van der Waals surface area contributed by atoms with E-state index in [0.29, 0.717) is 12.1 Å². The van der Waals surface area contributed by atoms with E-state index in [-0.39, 0.29) is 5.82 Å². The summed E-state index contributed by atoms with van der Waals surface area (Å²) >= 11 is 0. The minimum atomic E-state index is -0.153. The highest BCUT2D eigenvalue weighted by molar-refractivity contribution is 5.16. The Morgan fingerprint density at radius 1 is 1.33 bits per heavy atom. The van der Waals surface area contributed by atoms with E-state index >= 15 is 0 Å². The second-order valence-corrected chi connectivity index (χ2v) is 5.00. The first-order valence-electron chi connectivity index (χ1n) is 6.80. The molecule has 0 heterocycles. The first kappa shape index (κ1) is 13.5. The highest BCUT2D eigenvalue weighted by Gasteiger charge is 2.23. The molecule has 0 bridgehead atoms. The smallest absolute Gasteiger partial charge is 0.123 e. The first-order chi connectivity index (χ1) is 8.79. The van der Waals surface area contributed by atoms with Crippen LogP contribution in [0.25, 0.3) is 0 Å². The maximum atomic E-state index is 13.0. The van der Waals surface area contributed by atoms with E-state index in [4.69, 9.17) is 4.74 Å². The quantitative estimate of drug-likeness (QED) is 0.868. The molecule has 0 amide bonds. The van der Waals surface area contributed by atoms with Gasteiger partial charge in [0.1, 0.15) is 5.82 Å². The maximum Gasteiger partial charge on any atom is 0.123 e. The molecule has 1 aromatic carbocycles. The van der Waals surface area contributed by atoms with Gasteiger partial charge in [-0.25, -0.2) is 4.39 Å². The Kier molecular flexibility index (Phi) is 5.14. The summed E-state index contributed by atoms with van der Waals surface area (Å²) in [6.07, 6.45) is 6.07. The largest absolute Gasteiger partial charge is 0.380 e. The van der Waals surface area contributed by atoms with Crippen LogP contribution in [0.2, 0.25) is 0 Å². The normalized spacial score (nSPS) is 24.1. The zero-order valence-electron chi connectivity index (χ0n) is 11.0. The minimum Gasteiger partial charge on any atom is -0.380 e. The van der Waals surface area contributed by atoms with Crippen LogP contribution < -0.4 is 5.32 Å². The van der Waals surface area contributed by atoms with Gasteiger partial charge in [0.15, 0.2) is 0 Å². The van der Waals surface area contributed by atoms with Gasteiger partial charge in [-0.1, -0.05) is 25.0 Å². The lowest BCUT2D eigenvalue weighted by Gasteiger charge is -2.31. The summed E-state index contributed by atoms with van der Waals surface area (Å²) in [6.45, 7) is 0.883. The topological polar surface area (TPSA) is 21.3 Å². The molecule has 1 aromatic rings. The van der Waals surface area contributed by atoms with E-state index in [1.54, 1.807) is 19.2 Å². The Labute approximate surface area is 109 Å². The Morgan fingerprint density at radius 2 is 2.17 bits per heavy atom. The molecule has 18 heavy (non-hydrogen) atoms. The van der Waals surface area contributed by atoms with E-state index < -0.39 is 0 Å². The summed E-state index contributed by atoms with van der Waals surface area (Å²) in [6, 6.07) is 7.29. The van der Waals surface area contributed by atoms with Crippen molar-refractivity contribution < 1.29 is 9.13 Å². The fourth-order valence-electron chi connectivity index (χ4n) is 2.71. The van der Waals surface area contributed by atoms with E-state index in [9.17, 15) is 4.39 Å². The van der Waals surface area contributed by atoms with Crippen molar-refractivity contribution in [3.8, 4) is 0 Å². The number of nitrogens with one attached hydrogen (secondary N) is 1. The average molecular weight is 251 g/mol. The molecule has 2 atom stereocenters. The highest BCUT2D eigenvalue weighted by Crippen LogP contribution is 2.20. The van der Waals surface area contributed by atoms with Crippen LogP contribution in [0.5, 0.6) is 0 Å². The van der Waals surface area contributed by atoms with Gasteiger partial charge in [0, 0.05) is 13.2 Å². The second-order valence-electron chi connectivity index (χ2n) is 5.00. The molecule has 1 aliphatic carbocycles. The molecule has 0 spiro atoms. The van der Waals surface area contributed by atoms with Crippen LogP contribution in [-0.2, 0) is 11.2 Å². The SMILES string of the molecule is CO[C@@H]1CCCC[C@H]1NCCc1cccc(F)c1. The summed E-state index contributed by atoms with van der Waals surface area (Å²) in [7, 11) is 1.79. The van der Waals surface area contributed by atoms with Gasteiger partial charge in [-0.3, -0.25) is 0 Å². The molecule has 1 N–H and O–H groups in total. The summed E-state index contributed by atoms with van der Waals surface area (Å²) in [4.78, 5) is 0. The summed E-state index contributed by atoms with van der Waals surface area (Å²) in [5, 5.41) is 3.54. The van der Waals surface area contributed by atoms with Crippen LogP contribution >= 0.6 is 0 Å². The number of hydrogen-bond acceptors (Lipinski definition) is 2. The van der Waals surface area contributed by atoms with E-state index in [1.165, 1.54) is 25.3 Å². The van der Waals surface area contributed by atoms with Gasteiger partial charge < -0.3 is 10.1 Å². The van der Waals surface area contributed by atoms with Crippen molar-refractivity contribution in [3.63, 3.8) is 0 Å². The molecule has 0 aliphatic heterocycles. The highest BCUT2D eigenvalue weighted by atomic mass is 19.1. The predicted molar refractivity (Wildman–Crippen MR) is 71.2 cm³/mol. The van der Waals surface area contributed by atoms with Crippen molar-refractivity contribution in [1.82, 2.24) is 5.32 Å². The first-order valence-corrected chi connectivity index (χ1v) is 6.80. The van der Waals surface area contributed by atoms with Crippen LogP contribution in [0, 0.1) is 5.82 Å². The van der Waals surface area contributed by atoms with Crippen LogP contribution in [0.15, 0.2) is 24.3 Å². The van der Waals surface area contributed by atoms with Crippen molar-refractivity contribution in [2.75, 3.05) is 13.7 Å². The third-order valence-corrected chi connectivity index (χ3v) is 3.71. The van der Waals surface area contributed by atoms with E-state index in [0.717, 1.165) is 24.9 Å². The fraction of sp³-hybridized carbons (Fsp3) is 0.600. The zero-order valence-corrected chi connectivity index (χ0v) is 11.0. The van der Waals surface area contributed by atoms with Gasteiger partial charge in [0.25, 0.3) is 0 Å². The minimum absolute atomic E-state index is 0.153. The second kappa shape index (κ2) is 6.86. The summed E-state index contributed by atoms with van der Waals surface area (Å²) < 4.78 is 18.5. The molecule has 1 saturated carbocycles. The van der Waals surface area contributed by atoms with Gasteiger partial charge >= 0.3 is 0 Å². The van der Waals surface area contributed by atoms with E-state index in [1.807, 2.05) is 6.07 Å². The third-order valence-electron chi connectivity index (χ3n) is 3.71. The van der Waals surface area contributed by atoms with Gasteiger partial charge in [0.05, 0.1) is 6.10 Å².